The zero-order valence-electron chi connectivity index (χ0n) is 14.6. The van der Waals surface area contributed by atoms with Crippen molar-refractivity contribution in [3.8, 4) is 0 Å². The van der Waals surface area contributed by atoms with Crippen molar-refractivity contribution in [2.45, 2.75) is 85.6 Å². The SMILES string of the molecule is CCCCCC([C-]=O)NC(=O)C(C)CCCC.C[CH-]C.[La]. The Morgan fingerprint density at radius 1 is 1.10 bits per heavy atom. The van der Waals surface area contributed by atoms with Crippen molar-refractivity contribution < 1.29 is 45.2 Å². The second-order valence-electron chi connectivity index (χ2n) is 5.30. The summed E-state index contributed by atoms with van der Waals surface area (Å²) in [6, 6.07) is -0.418. The summed E-state index contributed by atoms with van der Waals surface area (Å²) in [6.45, 7) is 10.1. The molecule has 21 heavy (non-hydrogen) atoms. The van der Waals surface area contributed by atoms with Gasteiger partial charge in [-0.3, -0.25) is 4.79 Å². The summed E-state index contributed by atoms with van der Waals surface area (Å²) >= 11 is 0. The number of hydrogen-bond acceptors (Lipinski definition) is 2. The van der Waals surface area contributed by atoms with E-state index in [1.165, 1.54) is 0 Å². The van der Waals surface area contributed by atoms with E-state index >= 15 is 0 Å². The summed E-state index contributed by atoms with van der Waals surface area (Å²) in [6.07, 6.45) is 10.9. The van der Waals surface area contributed by atoms with Crippen molar-refractivity contribution in [3.63, 3.8) is 0 Å². The van der Waals surface area contributed by atoms with Crippen LogP contribution in [0.15, 0.2) is 0 Å². The number of nitrogens with one attached hydrogen (secondary N) is 1. The maximum Gasteiger partial charge on any atom is 0.220 e. The average Bonchev–Trinajstić information content (AvgIpc) is 2.44. The Morgan fingerprint density at radius 3 is 2.05 bits per heavy atom. The van der Waals surface area contributed by atoms with Gasteiger partial charge < -0.3 is 16.5 Å². The van der Waals surface area contributed by atoms with E-state index in [1.54, 1.807) is 0 Å². The molecule has 2 unspecified atom stereocenters. The Bertz CT molecular complexity index is 235. The standard InChI is InChI=1S/C14H26NO2.C3H7.La/c1-4-6-8-10-13(11-16)15-14(17)12(3)9-7-5-2;1-3-2;/h12-13H,4-10H2,1-3H3,(H,15,17);3H,1-2H3;/q2*-1;. The van der Waals surface area contributed by atoms with Gasteiger partial charge >= 0.3 is 0 Å². The summed E-state index contributed by atoms with van der Waals surface area (Å²) in [5.74, 6) is -0.0136. The second-order valence-corrected chi connectivity index (χ2v) is 5.30. The number of unbranched alkanes of at least 4 members (excludes halogenated alkanes) is 3. The molecule has 1 N–H and O–H groups in total. The first-order chi connectivity index (χ1) is 9.56. The molecule has 0 aromatic carbocycles. The van der Waals surface area contributed by atoms with Crippen molar-refractivity contribution in [1.29, 1.82) is 0 Å². The molecule has 0 spiro atoms. The maximum atomic E-state index is 11.8. The van der Waals surface area contributed by atoms with Gasteiger partial charge in [0.15, 0.2) is 0 Å². The molecule has 1 radical (unpaired) electrons. The van der Waals surface area contributed by atoms with Crippen LogP contribution >= 0.6 is 0 Å². The van der Waals surface area contributed by atoms with Gasteiger partial charge in [-0.05, 0) is 6.42 Å². The van der Waals surface area contributed by atoms with E-state index in [9.17, 15) is 9.59 Å². The zero-order chi connectivity index (χ0) is 15.8. The van der Waals surface area contributed by atoms with Crippen LogP contribution in [0, 0.1) is 47.9 Å². The summed E-state index contributed by atoms with van der Waals surface area (Å²) in [4.78, 5) is 22.5. The molecule has 0 aromatic heterocycles. The van der Waals surface area contributed by atoms with Gasteiger partial charge in [0, 0.05) is 41.5 Å². The molecular formula is C17H33LaNO2-2. The molecule has 123 valence electrons. The van der Waals surface area contributed by atoms with Crippen molar-refractivity contribution in [1.82, 2.24) is 5.32 Å². The molecule has 4 heteroatoms. The Labute approximate surface area is 160 Å². The normalized spacial score (nSPS) is 12.2. The molecular weight excluding hydrogens is 389 g/mol. The molecule has 1 amide bonds. The van der Waals surface area contributed by atoms with Crippen molar-refractivity contribution in [3.05, 3.63) is 6.42 Å². The summed E-state index contributed by atoms with van der Waals surface area (Å²) in [5.41, 5.74) is 0. The Kier molecular flexibility index (Phi) is 25.4. The monoisotopic (exact) mass is 422 g/mol. The van der Waals surface area contributed by atoms with Crippen LogP contribution in [-0.2, 0) is 9.59 Å². The van der Waals surface area contributed by atoms with Crippen LogP contribution in [0.3, 0.4) is 0 Å². The molecule has 0 aliphatic carbocycles. The molecule has 3 nitrogen and oxygen atoms in total. The molecule has 0 aromatic rings. The Morgan fingerprint density at radius 2 is 1.62 bits per heavy atom. The van der Waals surface area contributed by atoms with Crippen LogP contribution in [0.25, 0.3) is 0 Å². The van der Waals surface area contributed by atoms with Gasteiger partial charge in [-0.1, -0.05) is 65.3 Å². The summed E-state index contributed by atoms with van der Waals surface area (Å²) < 4.78 is 0. The third-order valence-corrected chi connectivity index (χ3v) is 2.99. The fraction of sp³-hybridized carbons (Fsp3) is 0.824. The number of amides is 1. The predicted molar refractivity (Wildman–Crippen MR) is 86.1 cm³/mol. The molecule has 2 atom stereocenters. The fourth-order valence-corrected chi connectivity index (χ4v) is 1.71. The van der Waals surface area contributed by atoms with E-state index in [-0.39, 0.29) is 47.4 Å². The van der Waals surface area contributed by atoms with Crippen molar-refractivity contribution in [2.75, 3.05) is 0 Å². The van der Waals surface area contributed by atoms with Gasteiger partial charge in [-0.25, -0.2) is 6.29 Å². The minimum atomic E-state index is -0.418. The first-order valence-corrected chi connectivity index (χ1v) is 7.99. The van der Waals surface area contributed by atoms with Crippen LogP contribution in [-0.4, -0.2) is 18.2 Å². The molecule has 0 aliphatic heterocycles. The molecule has 0 bridgehead atoms. The number of carbonyl (C=O) groups is 1. The van der Waals surface area contributed by atoms with Gasteiger partial charge in [-0.15, -0.1) is 0 Å². The molecule has 0 aliphatic rings. The summed E-state index contributed by atoms with van der Waals surface area (Å²) in [7, 11) is 0. The van der Waals surface area contributed by atoms with E-state index < -0.39 is 6.04 Å². The van der Waals surface area contributed by atoms with Crippen molar-refractivity contribution >= 4 is 12.2 Å². The van der Waals surface area contributed by atoms with Crippen LogP contribution < -0.4 is 5.32 Å². The van der Waals surface area contributed by atoms with Crippen molar-refractivity contribution in [2.24, 2.45) is 5.92 Å². The number of hydrogen-bond donors (Lipinski definition) is 1. The van der Waals surface area contributed by atoms with Gasteiger partial charge in [0.1, 0.15) is 0 Å². The Hall–Kier alpha value is 0.335. The first kappa shape index (κ1) is 26.2. The second kappa shape index (κ2) is 20.3. The van der Waals surface area contributed by atoms with Crippen LogP contribution in [0.4, 0.5) is 0 Å². The quantitative estimate of drug-likeness (QED) is 0.423. The topological polar surface area (TPSA) is 46.2 Å². The van der Waals surface area contributed by atoms with E-state index in [0.717, 1.165) is 38.5 Å². The maximum absolute atomic E-state index is 11.8. The minimum absolute atomic E-state index is 0. The molecule has 0 saturated carbocycles. The van der Waals surface area contributed by atoms with Gasteiger partial charge in [0.05, 0.1) is 0 Å². The van der Waals surface area contributed by atoms with Gasteiger partial charge in [0.25, 0.3) is 0 Å². The van der Waals surface area contributed by atoms with E-state index in [0.29, 0.717) is 6.42 Å². The predicted octanol–water partition coefficient (Wildman–Crippen LogP) is 4.22. The fourth-order valence-electron chi connectivity index (χ4n) is 1.71. The minimum Gasteiger partial charge on any atom is -0.540 e. The van der Waals surface area contributed by atoms with Gasteiger partial charge in [-0.2, -0.15) is 13.8 Å². The van der Waals surface area contributed by atoms with Gasteiger partial charge in [0.2, 0.25) is 5.91 Å². The van der Waals surface area contributed by atoms with Crippen LogP contribution in [0.2, 0.25) is 0 Å². The zero-order valence-corrected chi connectivity index (χ0v) is 18.2. The first-order valence-electron chi connectivity index (χ1n) is 7.99. The van der Waals surface area contributed by atoms with Crippen LogP contribution in [0.1, 0.15) is 79.6 Å². The van der Waals surface area contributed by atoms with E-state index in [2.05, 4.69) is 19.2 Å². The molecule has 0 saturated heterocycles. The number of carbonyl (C=O) groups excluding carboxylic acids is 2. The molecule has 0 heterocycles. The van der Waals surface area contributed by atoms with Crippen LogP contribution in [0.5, 0.6) is 0 Å². The molecule has 0 rings (SSSR count). The summed E-state index contributed by atoms with van der Waals surface area (Å²) in [5, 5.41) is 2.77. The average molecular weight is 422 g/mol. The largest absolute Gasteiger partial charge is 0.540 e. The third-order valence-electron chi connectivity index (χ3n) is 2.99. The van der Waals surface area contributed by atoms with E-state index in [1.807, 2.05) is 33.5 Å². The van der Waals surface area contributed by atoms with E-state index in [4.69, 9.17) is 0 Å². The number of rotatable bonds is 10. The molecule has 0 fully saturated rings. The third kappa shape index (κ3) is 18.3. The Balaban J connectivity index is -0.000000740. The smallest absolute Gasteiger partial charge is 0.220 e.